The van der Waals surface area contributed by atoms with Gasteiger partial charge in [-0.25, -0.2) is 0 Å². The fourth-order valence-electron chi connectivity index (χ4n) is 1.72. The molecule has 0 N–H and O–H groups in total. The smallest absolute Gasteiger partial charge is 0.142 e. The molecule has 0 radical (unpaired) electrons. The molecule has 2 aromatic carbocycles. The van der Waals surface area contributed by atoms with E-state index in [-0.39, 0.29) is 0 Å². The van der Waals surface area contributed by atoms with Gasteiger partial charge in [0.1, 0.15) is 6.61 Å². The van der Waals surface area contributed by atoms with Gasteiger partial charge in [-0.3, -0.25) is 0 Å². The van der Waals surface area contributed by atoms with Gasteiger partial charge in [0.2, 0.25) is 0 Å². The van der Waals surface area contributed by atoms with Crippen LogP contribution in [0, 0.1) is 11.3 Å². The third-order valence-corrected chi connectivity index (χ3v) is 2.71. The fraction of sp³-hybridized carbons (Fsp3) is 0.125. The zero-order chi connectivity index (χ0) is 13.5. The molecule has 19 heavy (non-hydrogen) atoms. The lowest BCUT2D eigenvalue weighted by Crippen LogP contribution is -1.99. The van der Waals surface area contributed by atoms with Crippen LogP contribution in [-0.4, -0.2) is 5.71 Å². The molecule has 3 nitrogen and oxygen atoms in total. The van der Waals surface area contributed by atoms with Crippen molar-refractivity contribution in [3.63, 3.8) is 0 Å². The highest BCUT2D eigenvalue weighted by Crippen LogP contribution is 2.09. The molecule has 0 atom stereocenters. The highest BCUT2D eigenvalue weighted by Gasteiger charge is 2.04. The maximum absolute atomic E-state index is 9.02. The second-order valence-corrected chi connectivity index (χ2v) is 4.09. The number of nitriles is 1. The highest BCUT2D eigenvalue weighted by atomic mass is 16.6. The summed E-state index contributed by atoms with van der Waals surface area (Å²) in [7, 11) is 0. The van der Waals surface area contributed by atoms with E-state index in [9.17, 15) is 0 Å². The third-order valence-electron chi connectivity index (χ3n) is 2.71. The van der Waals surface area contributed by atoms with Crippen LogP contribution >= 0.6 is 0 Å². The van der Waals surface area contributed by atoms with Gasteiger partial charge in [-0.05, 0) is 18.6 Å². The lowest BCUT2D eigenvalue weighted by Gasteiger charge is -2.04. The Bertz CT molecular complexity index is 612. The number of benzene rings is 2. The molecular formula is C16H14N2O. The Morgan fingerprint density at radius 3 is 2.53 bits per heavy atom. The van der Waals surface area contributed by atoms with Crippen molar-refractivity contribution in [1.82, 2.24) is 0 Å². The first-order valence-corrected chi connectivity index (χ1v) is 6.01. The van der Waals surface area contributed by atoms with Gasteiger partial charge < -0.3 is 4.84 Å². The summed E-state index contributed by atoms with van der Waals surface area (Å²) >= 11 is 0. The lowest BCUT2D eigenvalue weighted by atomic mass is 10.1. The minimum Gasteiger partial charge on any atom is -0.391 e. The van der Waals surface area contributed by atoms with Crippen LogP contribution in [0.4, 0.5) is 0 Å². The quantitative estimate of drug-likeness (QED) is 0.615. The average Bonchev–Trinajstić information content (AvgIpc) is 2.48. The van der Waals surface area contributed by atoms with Crippen molar-refractivity contribution in [3.8, 4) is 6.07 Å². The van der Waals surface area contributed by atoms with Crippen LogP contribution in [0.15, 0.2) is 59.8 Å². The molecule has 0 spiro atoms. The summed E-state index contributed by atoms with van der Waals surface area (Å²) in [4.78, 5) is 5.31. The summed E-state index contributed by atoms with van der Waals surface area (Å²) in [5.41, 5.74) is 3.17. The molecule has 0 aliphatic rings. The summed E-state index contributed by atoms with van der Waals surface area (Å²) in [5.74, 6) is 0. The van der Waals surface area contributed by atoms with Gasteiger partial charge in [0.05, 0.1) is 17.3 Å². The van der Waals surface area contributed by atoms with E-state index < -0.39 is 0 Å². The maximum Gasteiger partial charge on any atom is 0.142 e. The van der Waals surface area contributed by atoms with E-state index in [0.717, 1.165) is 11.1 Å². The number of hydrogen-bond acceptors (Lipinski definition) is 3. The summed E-state index contributed by atoms with van der Waals surface area (Å²) in [6.07, 6.45) is 0. The predicted molar refractivity (Wildman–Crippen MR) is 74.6 cm³/mol. The summed E-state index contributed by atoms with van der Waals surface area (Å²) in [6.45, 7) is 2.26. The molecule has 94 valence electrons. The van der Waals surface area contributed by atoms with Crippen LogP contribution < -0.4 is 0 Å². The molecule has 0 fully saturated rings. The molecule has 0 saturated heterocycles. The fourth-order valence-corrected chi connectivity index (χ4v) is 1.72. The highest BCUT2D eigenvalue weighted by molar-refractivity contribution is 6.00. The van der Waals surface area contributed by atoms with E-state index in [1.54, 1.807) is 6.07 Å². The van der Waals surface area contributed by atoms with Crippen LogP contribution in [0.1, 0.15) is 23.6 Å². The molecular weight excluding hydrogens is 236 g/mol. The van der Waals surface area contributed by atoms with Crippen molar-refractivity contribution >= 4 is 5.71 Å². The first kappa shape index (κ1) is 12.8. The van der Waals surface area contributed by atoms with Gasteiger partial charge in [-0.2, -0.15) is 5.26 Å². The molecule has 0 aliphatic carbocycles. The molecule has 3 heteroatoms. The van der Waals surface area contributed by atoms with E-state index in [1.165, 1.54) is 0 Å². The number of rotatable bonds is 4. The Morgan fingerprint density at radius 2 is 1.79 bits per heavy atom. The second-order valence-electron chi connectivity index (χ2n) is 4.09. The Balaban J connectivity index is 2.06. The molecule has 2 aromatic rings. The standard InChI is InChI=1S/C16H14N2O/c1-13(16-10-6-5-9-15(16)11-17)18-19-12-14-7-3-2-4-8-14/h2-10H,12H2,1H3. The molecule has 2 rings (SSSR count). The summed E-state index contributed by atoms with van der Waals surface area (Å²) < 4.78 is 0. The van der Waals surface area contributed by atoms with Crippen LogP contribution in [-0.2, 0) is 11.4 Å². The first-order chi connectivity index (χ1) is 9.31. The zero-order valence-corrected chi connectivity index (χ0v) is 10.7. The molecule has 0 heterocycles. The van der Waals surface area contributed by atoms with Gasteiger partial charge in [0, 0.05) is 5.56 Å². The Labute approximate surface area is 112 Å². The average molecular weight is 250 g/mol. The van der Waals surface area contributed by atoms with E-state index in [4.69, 9.17) is 10.1 Å². The maximum atomic E-state index is 9.02. The van der Waals surface area contributed by atoms with E-state index in [0.29, 0.717) is 17.9 Å². The SMILES string of the molecule is CC(=NOCc1ccccc1)c1ccccc1C#N. The summed E-state index contributed by atoms with van der Waals surface area (Å²) in [5, 5.41) is 13.1. The molecule has 0 bridgehead atoms. The van der Waals surface area contributed by atoms with Crippen LogP contribution in [0.2, 0.25) is 0 Å². The number of hydrogen-bond donors (Lipinski definition) is 0. The predicted octanol–water partition coefficient (Wildman–Crippen LogP) is 3.50. The van der Waals surface area contributed by atoms with Crippen LogP contribution in [0.25, 0.3) is 0 Å². The molecule has 0 unspecified atom stereocenters. The van der Waals surface area contributed by atoms with Crippen LogP contribution in [0.5, 0.6) is 0 Å². The van der Waals surface area contributed by atoms with Crippen molar-refractivity contribution in [2.24, 2.45) is 5.16 Å². The largest absolute Gasteiger partial charge is 0.391 e. The minimum absolute atomic E-state index is 0.424. The van der Waals surface area contributed by atoms with Crippen molar-refractivity contribution in [3.05, 3.63) is 71.3 Å². The summed E-state index contributed by atoms with van der Waals surface area (Å²) in [6, 6.07) is 19.3. The van der Waals surface area contributed by atoms with E-state index >= 15 is 0 Å². The van der Waals surface area contributed by atoms with Gasteiger partial charge in [-0.15, -0.1) is 0 Å². The van der Waals surface area contributed by atoms with Crippen molar-refractivity contribution < 1.29 is 4.84 Å². The lowest BCUT2D eigenvalue weighted by molar-refractivity contribution is 0.130. The Morgan fingerprint density at radius 1 is 1.11 bits per heavy atom. The third kappa shape index (κ3) is 3.43. The molecule has 0 aromatic heterocycles. The normalized spacial score (nSPS) is 10.8. The molecule has 0 amide bonds. The number of oxime groups is 1. The van der Waals surface area contributed by atoms with Crippen molar-refractivity contribution in [2.75, 3.05) is 0 Å². The zero-order valence-electron chi connectivity index (χ0n) is 10.7. The van der Waals surface area contributed by atoms with E-state index in [2.05, 4.69) is 11.2 Å². The minimum atomic E-state index is 0.424. The van der Waals surface area contributed by atoms with E-state index in [1.807, 2.05) is 55.5 Å². The van der Waals surface area contributed by atoms with Crippen molar-refractivity contribution in [1.29, 1.82) is 5.26 Å². The first-order valence-electron chi connectivity index (χ1n) is 6.01. The van der Waals surface area contributed by atoms with Crippen molar-refractivity contribution in [2.45, 2.75) is 13.5 Å². The number of nitrogens with zero attached hydrogens (tertiary/aromatic N) is 2. The molecule has 0 saturated carbocycles. The Kier molecular flexibility index (Phi) is 4.30. The topological polar surface area (TPSA) is 45.4 Å². The van der Waals surface area contributed by atoms with Gasteiger partial charge in [0.25, 0.3) is 0 Å². The Hall–Kier alpha value is -2.60. The molecule has 0 aliphatic heterocycles. The van der Waals surface area contributed by atoms with Gasteiger partial charge in [0.15, 0.2) is 0 Å². The van der Waals surface area contributed by atoms with Gasteiger partial charge >= 0.3 is 0 Å². The van der Waals surface area contributed by atoms with Gasteiger partial charge in [-0.1, -0.05) is 53.7 Å². The second kappa shape index (κ2) is 6.36. The van der Waals surface area contributed by atoms with Crippen LogP contribution in [0.3, 0.4) is 0 Å². The monoisotopic (exact) mass is 250 g/mol.